The Kier molecular flexibility index (Phi) is 4.90. The molecule has 2 amide bonds. The Hall–Kier alpha value is -1.88. The Morgan fingerprint density at radius 1 is 1.12 bits per heavy atom. The summed E-state index contributed by atoms with van der Waals surface area (Å²) >= 11 is 5.90. The lowest BCUT2D eigenvalue weighted by Crippen LogP contribution is -2.51. The molecule has 1 saturated heterocycles. The predicted octanol–water partition coefficient (Wildman–Crippen LogP) is 3.61. The van der Waals surface area contributed by atoms with Gasteiger partial charge in [0.05, 0.1) is 5.69 Å². The van der Waals surface area contributed by atoms with Gasteiger partial charge in [-0.3, -0.25) is 9.59 Å². The largest absolute Gasteiger partial charge is 0.332 e. The Morgan fingerprint density at radius 2 is 1.75 bits per heavy atom. The first-order valence-electron chi connectivity index (χ1n) is 8.46. The lowest BCUT2D eigenvalue weighted by molar-refractivity contribution is -0.130. The van der Waals surface area contributed by atoms with Crippen LogP contribution in [0.2, 0.25) is 5.02 Å². The normalized spacial score (nSPS) is 24.8. The summed E-state index contributed by atoms with van der Waals surface area (Å²) in [4.78, 5) is 27.1. The van der Waals surface area contributed by atoms with E-state index in [0.717, 1.165) is 19.3 Å². The number of carbonyl (C=O) groups excluding carboxylic acids is 2. The van der Waals surface area contributed by atoms with Gasteiger partial charge in [0.25, 0.3) is 5.91 Å². The van der Waals surface area contributed by atoms with Gasteiger partial charge < -0.3 is 4.90 Å². The molecular weight excluding hydrogens is 326 g/mol. The van der Waals surface area contributed by atoms with Crippen LogP contribution < -0.4 is 5.01 Å². The Morgan fingerprint density at radius 3 is 2.38 bits per heavy atom. The van der Waals surface area contributed by atoms with Crippen LogP contribution in [0, 0.1) is 0 Å². The number of hydrazone groups is 1. The summed E-state index contributed by atoms with van der Waals surface area (Å²) in [5.74, 6) is -0.144. The molecule has 6 heteroatoms. The lowest BCUT2D eigenvalue weighted by Gasteiger charge is -2.39. The maximum atomic E-state index is 12.9. The van der Waals surface area contributed by atoms with Crippen LogP contribution in [0.25, 0.3) is 0 Å². The first kappa shape index (κ1) is 17.0. The zero-order valence-corrected chi connectivity index (χ0v) is 14.8. The number of hydrogen-bond acceptors (Lipinski definition) is 3. The highest BCUT2D eigenvalue weighted by molar-refractivity contribution is 6.40. The van der Waals surface area contributed by atoms with Crippen molar-refractivity contribution in [2.24, 2.45) is 5.10 Å². The first-order chi connectivity index (χ1) is 11.5. The molecule has 0 spiro atoms. The quantitative estimate of drug-likeness (QED) is 0.820. The van der Waals surface area contributed by atoms with Gasteiger partial charge in [-0.15, -0.1) is 0 Å². The minimum atomic E-state index is -0.103. The number of likely N-dealkylation sites (tertiary alicyclic amines) is 1. The smallest absolute Gasteiger partial charge is 0.270 e. The zero-order chi connectivity index (χ0) is 17.3. The molecule has 3 rings (SSSR count). The fourth-order valence-corrected chi connectivity index (χ4v) is 3.59. The van der Waals surface area contributed by atoms with Gasteiger partial charge >= 0.3 is 0 Å². The summed E-state index contributed by atoms with van der Waals surface area (Å²) < 4.78 is 0. The van der Waals surface area contributed by atoms with Crippen molar-refractivity contribution in [1.82, 2.24) is 4.90 Å². The van der Waals surface area contributed by atoms with E-state index in [-0.39, 0.29) is 23.9 Å². The molecule has 0 radical (unpaired) electrons. The predicted molar refractivity (Wildman–Crippen MR) is 95.2 cm³/mol. The van der Waals surface area contributed by atoms with Crippen molar-refractivity contribution in [3.8, 4) is 0 Å². The Balaban J connectivity index is 1.87. The van der Waals surface area contributed by atoms with E-state index in [9.17, 15) is 9.59 Å². The van der Waals surface area contributed by atoms with E-state index in [1.807, 2.05) is 4.90 Å². The van der Waals surface area contributed by atoms with Gasteiger partial charge in [0.15, 0.2) is 0 Å². The first-order valence-corrected chi connectivity index (χ1v) is 8.84. The third kappa shape index (κ3) is 3.31. The molecule has 5 nitrogen and oxygen atoms in total. The highest BCUT2D eigenvalue weighted by Crippen LogP contribution is 2.26. The van der Waals surface area contributed by atoms with Crippen LogP contribution >= 0.6 is 11.6 Å². The monoisotopic (exact) mass is 347 g/mol. The number of rotatable bonds is 2. The summed E-state index contributed by atoms with van der Waals surface area (Å²) in [6.45, 7) is 4.16. The van der Waals surface area contributed by atoms with E-state index in [4.69, 9.17) is 11.6 Å². The zero-order valence-electron chi connectivity index (χ0n) is 14.0. The average molecular weight is 348 g/mol. The summed E-state index contributed by atoms with van der Waals surface area (Å²) in [6.07, 6.45) is 3.88. The molecule has 1 fully saturated rings. The van der Waals surface area contributed by atoms with Crippen LogP contribution in [0.5, 0.6) is 0 Å². The number of benzene rings is 1. The third-order valence-electron chi connectivity index (χ3n) is 4.78. The lowest BCUT2D eigenvalue weighted by atomic mass is 9.96. The van der Waals surface area contributed by atoms with E-state index in [1.54, 1.807) is 24.3 Å². The molecule has 0 saturated carbocycles. The highest BCUT2D eigenvalue weighted by Gasteiger charge is 2.34. The van der Waals surface area contributed by atoms with Crippen molar-refractivity contribution < 1.29 is 9.59 Å². The van der Waals surface area contributed by atoms with E-state index < -0.39 is 0 Å². The number of amides is 2. The molecule has 0 N–H and O–H groups in total. The third-order valence-corrected chi connectivity index (χ3v) is 5.03. The van der Waals surface area contributed by atoms with Crippen molar-refractivity contribution in [2.45, 2.75) is 58.0 Å². The van der Waals surface area contributed by atoms with Crippen molar-refractivity contribution in [3.63, 3.8) is 0 Å². The molecule has 0 aliphatic carbocycles. The average Bonchev–Trinajstić information content (AvgIpc) is 2.56. The van der Waals surface area contributed by atoms with Gasteiger partial charge in [-0.05, 0) is 57.4 Å². The van der Waals surface area contributed by atoms with Gasteiger partial charge in [0, 0.05) is 29.9 Å². The number of piperidine rings is 1. The van der Waals surface area contributed by atoms with E-state index in [0.29, 0.717) is 29.3 Å². The van der Waals surface area contributed by atoms with Crippen molar-refractivity contribution in [3.05, 3.63) is 29.3 Å². The van der Waals surface area contributed by atoms with Gasteiger partial charge in [-0.2, -0.15) is 5.10 Å². The molecule has 128 valence electrons. The topological polar surface area (TPSA) is 53.0 Å². The second-order valence-corrected chi connectivity index (χ2v) is 7.01. The Bertz CT molecular complexity index is 661. The molecule has 2 aliphatic rings. The number of halogens is 1. The minimum absolute atomic E-state index is 0.0406. The van der Waals surface area contributed by atoms with Gasteiger partial charge in [0.1, 0.15) is 5.71 Å². The van der Waals surface area contributed by atoms with E-state index in [2.05, 4.69) is 18.9 Å². The standard InChI is InChI=1S/C18H22ClN3O2/c1-12-4-3-5-13(2)21(12)18(24)16-10-11-17(23)22(20-16)15-8-6-14(19)7-9-15/h6-9,12-13H,3-5,10-11H2,1-2H3. The Labute approximate surface area is 147 Å². The minimum Gasteiger partial charge on any atom is -0.332 e. The molecular formula is C18H22ClN3O2. The second-order valence-electron chi connectivity index (χ2n) is 6.57. The SMILES string of the molecule is CC1CCCC(C)N1C(=O)C1=NN(c2ccc(Cl)cc2)C(=O)CC1. The molecule has 24 heavy (non-hydrogen) atoms. The maximum absolute atomic E-state index is 12.9. The summed E-state index contributed by atoms with van der Waals surface area (Å²) in [5, 5.41) is 6.30. The number of nitrogens with zero attached hydrogens (tertiary/aromatic N) is 3. The highest BCUT2D eigenvalue weighted by atomic mass is 35.5. The molecule has 1 aromatic rings. The second kappa shape index (κ2) is 6.93. The summed E-state index contributed by atoms with van der Waals surface area (Å²) in [7, 11) is 0. The number of carbonyl (C=O) groups is 2. The van der Waals surface area contributed by atoms with E-state index in [1.165, 1.54) is 5.01 Å². The fourth-order valence-electron chi connectivity index (χ4n) is 3.46. The van der Waals surface area contributed by atoms with Crippen LogP contribution in [-0.2, 0) is 9.59 Å². The fraction of sp³-hybridized carbons (Fsp3) is 0.500. The molecule has 1 aromatic carbocycles. The van der Waals surface area contributed by atoms with Gasteiger partial charge in [-0.1, -0.05) is 11.6 Å². The summed E-state index contributed by atoms with van der Waals surface area (Å²) in [5.41, 5.74) is 1.10. The van der Waals surface area contributed by atoms with Crippen molar-refractivity contribution in [2.75, 3.05) is 5.01 Å². The molecule has 2 atom stereocenters. The van der Waals surface area contributed by atoms with Crippen molar-refractivity contribution >= 4 is 34.8 Å². The van der Waals surface area contributed by atoms with Gasteiger partial charge in [-0.25, -0.2) is 5.01 Å². The molecule has 2 aliphatic heterocycles. The van der Waals surface area contributed by atoms with Crippen LogP contribution in [0.15, 0.2) is 29.4 Å². The molecule has 2 heterocycles. The molecule has 0 bridgehead atoms. The number of hydrogen-bond donors (Lipinski definition) is 0. The van der Waals surface area contributed by atoms with Crippen LogP contribution in [0.1, 0.15) is 46.0 Å². The van der Waals surface area contributed by atoms with Crippen molar-refractivity contribution in [1.29, 1.82) is 0 Å². The molecule has 2 unspecified atom stereocenters. The van der Waals surface area contributed by atoms with Crippen LogP contribution in [0.3, 0.4) is 0 Å². The summed E-state index contributed by atoms with van der Waals surface area (Å²) in [6, 6.07) is 7.33. The molecule has 0 aromatic heterocycles. The van der Waals surface area contributed by atoms with Gasteiger partial charge in [0.2, 0.25) is 5.91 Å². The van der Waals surface area contributed by atoms with Crippen LogP contribution in [0.4, 0.5) is 5.69 Å². The van der Waals surface area contributed by atoms with E-state index >= 15 is 0 Å². The number of anilines is 1. The van der Waals surface area contributed by atoms with Crippen LogP contribution in [-0.4, -0.2) is 34.5 Å². The maximum Gasteiger partial charge on any atom is 0.270 e.